The summed E-state index contributed by atoms with van der Waals surface area (Å²) in [7, 11) is 2.09. The molecule has 4 heteroatoms. The lowest BCUT2D eigenvalue weighted by Gasteiger charge is -2.21. The molecule has 2 aromatic carbocycles. The number of rotatable bonds is 1. The number of fused-ring (bicyclic) bond motifs is 5. The third-order valence-electron chi connectivity index (χ3n) is 5.01. The van der Waals surface area contributed by atoms with Gasteiger partial charge >= 0.3 is 0 Å². The Morgan fingerprint density at radius 2 is 1.69 bits per heavy atom. The zero-order valence-corrected chi connectivity index (χ0v) is 14.8. The van der Waals surface area contributed by atoms with Crippen LogP contribution in [-0.2, 0) is 7.05 Å². The molecule has 0 bridgehead atoms. The largest absolute Gasteiger partial charge is 0.295 e. The van der Waals surface area contributed by atoms with Gasteiger partial charge in [-0.2, -0.15) is 4.90 Å². The maximum Gasteiger partial charge on any atom is 0.286 e. The second kappa shape index (κ2) is 5.56. The monoisotopic (exact) mass is 339 g/mol. The van der Waals surface area contributed by atoms with Gasteiger partial charge in [0.05, 0.1) is 37.1 Å². The summed E-state index contributed by atoms with van der Waals surface area (Å²) in [5, 5.41) is 0. The van der Waals surface area contributed by atoms with Gasteiger partial charge in [-0.15, -0.1) is 0 Å². The van der Waals surface area contributed by atoms with Crippen LogP contribution in [0.25, 0.3) is 16.9 Å². The van der Waals surface area contributed by atoms with Crippen LogP contribution in [0.15, 0.2) is 79.4 Å². The fraction of sp³-hybridized carbons (Fsp3) is 0.0909. The molecule has 4 aromatic rings. The molecule has 0 fully saturated rings. The Bertz CT molecular complexity index is 1130. The number of imidazole rings is 1. The average molecular weight is 339 g/mol. The van der Waals surface area contributed by atoms with Crippen molar-refractivity contribution in [2.75, 3.05) is 4.90 Å². The van der Waals surface area contributed by atoms with E-state index < -0.39 is 0 Å². The van der Waals surface area contributed by atoms with Gasteiger partial charge in [0.25, 0.3) is 5.82 Å². The Hall–Kier alpha value is -3.40. The Morgan fingerprint density at radius 1 is 0.885 bits per heavy atom. The number of hydrogen-bond donors (Lipinski definition) is 0. The van der Waals surface area contributed by atoms with Crippen LogP contribution in [-0.4, -0.2) is 9.55 Å². The highest BCUT2D eigenvalue weighted by Crippen LogP contribution is 2.46. The summed E-state index contributed by atoms with van der Waals surface area (Å²) in [5.41, 5.74) is 6.98. The van der Waals surface area contributed by atoms with Crippen LogP contribution < -0.4 is 9.47 Å². The summed E-state index contributed by atoms with van der Waals surface area (Å²) in [6.07, 6.45) is 5.93. The Morgan fingerprint density at radius 3 is 2.54 bits per heavy atom. The molecule has 0 aliphatic carbocycles. The van der Waals surface area contributed by atoms with Gasteiger partial charge in [0.2, 0.25) is 0 Å². The summed E-state index contributed by atoms with van der Waals surface area (Å²) < 4.78 is 4.34. The first kappa shape index (κ1) is 14.9. The van der Waals surface area contributed by atoms with Crippen molar-refractivity contribution in [2.24, 2.45) is 7.05 Å². The Balaban J connectivity index is 1.95. The van der Waals surface area contributed by atoms with Gasteiger partial charge < -0.3 is 0 Å². The van der Waals surface area contributed by atoms with Crippen molar-refractivity contribution < 1.29 is 4.57 Å². The smallest absolute Gasteiger partial charge is 0.286 e. The molecule has 5 rings (SSSR count). The van der Waals surface area contributed by atoms with Gasteiger partial charge in [-0.25, -0.2) is 9.55 Å². The van der Waals surface area contributed by atoms with Crippen LogP contribution in [0.1, 0.15) is 5.56 Å². The fourth-order valence-corrected chi connectivity index (χ4v) is 3.81. The van der Waals surface area contributed by atoms with Gasteiger partial charge in [-0.1, -0.05) is 30.3 Å². The molecule has 4 nitrogen and oxygen atoms in total. The number of aryl methyl sites for hydroxylation is 2. The van der Waals surface area contributed by atoms with Crippen LogP contribution in [0.3, 0.4) is 0 Å². The zero-order valence-electron chi connectivity index (χ0n) is 14.8. The van der Waals surface area contributed by atoms with E-state index in [0.29, 0.717) is 0 Å². The summed E-state index contributed by atoms with van der Waals surface area (Å²) in [6, 6.07) is 21.3. The molecule has 26 heavy (non-hydrogen) atoms. The van der Waals surface area contributed by atoms with Crippen molar-refractivity contribution in [1.29, 1.82) is 0 Å². The van der Waals surface area contributed by atoms with Gasteiger partial charge in [-0.05, 0) is 36.8 Å². The second-order valence-corrected chi connectivity index (χ2v) is 6.61. The van der Waals surface area contributed by atoms with Gasteiger partial charge in [-0.3, -0.25) is 4.57 Å². The molecule has 0 saturated carbocycles. The van der Waals surface area contributed by atoms with Gasteiger partial charge in [0.15, 0.2) is 5.69 Å². The first-order valence-corrected chi connectivity index (χ1v) is 8.72. The second-order valence-electron chi connectivity index (χ2n) is 6.61. The molecule has 0 radical (unpaired) electrons. The van der Waals surface area contributed by atoms with E-state index >= 15 is 0 Å². The molecule has 3 heterocycles. The maximum atomic E-state index is 4.43. The molecular formula is C22H19N4+. The van der Waals surface area contributed by atoms with Crippen molar-refractivity contribution in [3.8, 4) is 16.9 Å². The average Bonchev–Trinajstić information content (AvgIpc) is 3.10. The normalized spacial score (nSPS) is 12.2. The quantitative estimate of drug-likeness (QED) is 0.421. The van der Waals surface area contributed by atoms with Crippen molar-refractivity contribution in [3.05, 3.63) is 84.9 Å². The van der Waals surface area contributed by atoms with Gasteiger partial charge in [0, 0.05) is 11.6 Å². The molecule has 0 N–H and O–H groups in total. The SMILES string of the molecule is Cc1cccc2c1N(c1cccc[n+]1C)c1ccccc1-n1cncc1-2. The van der Waals surface area contributed by atoms with E-state index in [0.717, 1.165) is 22.9 Å². The summed E-state index contributed by atoms with van der Waals surface area (Å²) in [5.74, 6) is 1.12. The minimum atomic E-state index is 1.11. The highest BCUT2D eigenvalue weighted by atomic mass is 15.3. The van der Waals surface area contributed by atoms with Crippen LogP contribution >= 0.6 is 0 Å². The lowest BCUT2D eigenvalue weighted by molar-refractivity contribution is -0.658. The molecular weight excluding hydrogens is 320 g/mol. The third-order valence-corrected chi connectivity index (χ3v) is 5.01. The first-order chi connectivity index (χ1) is 12.8. The molecule has 0 saturated heterocycles. The van der Waals surface area contributed by atoms with Crippen LogP contribution in [0, 0.1) is 6.92 Å². The topological polar surface area (TPSA) is 24.9 Å². The number of para-hydroxylation sites is 3. The van der Waals surface area contributed by atoms with E-state index in [1.807, 2.05) is 12.5 Å². The lowest BCUT2D eigenvalue weighted by Crippen LogP contribution is -2.35. The van der Waals surface area contributed by atoms with Crippen LogP contribution in [0.4, 0.5) is 17.2 Å². The molecule has 1 aliphatic heterocycles. The standard InChI is InChI=1S/C22H19N4/c1-16-8-7-9-17-20-14-23-15-25(20)18-10-3-4-11-19(18)26(22(16)17)21-12-5-6-13-24(21)2/h3-15H,1-2H3/q+1. The van der Waals surface area contributed by atoms with Crippen molar-refractivity contribution in [1.82, 2.24) is 9.55 Å². The van der Waals surface area contributed by atoms with Gasteiger partial charge in [0.1, 0.15) is 5.69 Å². The van der Waals surface area contributed by atoms with E-state index in [2.05, 4.69) is 99.9 Å². The van der Waals surface area contributed by atoms with E-state index in [1.54, 1.807) is 0 Å². The van der Waals surface area contributed by atoms with E-state index in [9.17, 15) is 0 Å². The molecule has 1 aliphatic rings. The van der Waals surface area contributed by atoms with Crippen LogP contribution in [0.2, 0.25) is 0 Å². The molecule has 2 aromatic heterocycles. The number of benzene rings is 2. The maximum absolute atomic E-state index is 4.43. The zero-order chi connectivity index (χ0) is 17.7. The molecule has 0 atom stereocenters. The number of pyridine rings is 1. The summed E-state index contributed by atoms with van der Waals surface area (Å²) >= 11 is 0. The van der Waals surface area contributed by atoms with E-state index in [-0.39, 0.29) is 0 Å². The van der Waals surface area contributed by atoms with Crippen molar-refractivity contribution in [2.45, 2.75) is 6.92 Å². The third kappa shape index (κ3) is 2.02. The van der Waals surface area contributed by atoms with Crippen molar-refractivity contribution in [3.63, 3.8) is 0 Å². The Kier molecular flexibility index (Phi) is 3.19. The number of aromatic nitrogens is 3. The minimum absolute atomic E-state index is 1.11. The number of anilines is 3. The molecule has 0 spiro atoms. The highest BCUT2D eigenvalue weighted by molar-refractivity contribution is 5.92. The molecule has 126 valence electrons. The lowest BCUT2D eigenvalue weighted by atomic mass is 10.0. The van der Waals surface area contributed by atoms with E-state index in [4.69, 9.17) is 0 Å². The number of nitrogens with zero attached hydrogens (tertiary/aromatic N) is 4. The number of hydrogen-bond acceptors (Lipinski definition) is 2. The Labute approximate surface area is 152 Å². The minimum Gasteiger partial charge on any atom is -0.295 e. The predicted octanol–water partition coefficient (Wildman–Crippen LogP) is 4.46. The summed E-state index contributed by atoms with van der Waals surface area (Å²) in [6.45, 7) is 2.17. The fourth-order valence-electron chi connectivity index (χ4n) is 3.81. The summed E-state index contributed by atoms with van der Waals surface area (Å²) in [4.78, 5) is 6.78. The molecule has 0 unspecified atom stereocenters. The van der Waals surface area contributed by atoms with Crippen molar-refractivity contribution >= 4 is 17.2 Å². The highest BCUT2D eigenvalue weighted by Gasteiger charge is 2.33. The van der Waals surface area contributed by atoms with Crippen LogP contribution in [0.5, 0.6) is 0 Å². The first-order valence-electron chi connectivity index (χ1n) is 8.72. The predicted molar refractivity (Wildman–Crippen MR) is 103 cm³/mol. The van der Waals surface area contributed by atoms with E-state index in [1.165, 1.54) is 16.8 Å². The molecule has 0 amide bonds.